The van der Waals surface area contributed by atoms with Crippen LogP contribution in [0.25, 0.3) is 231 Å². The minimum absolute atomic E-state index is 1.09. The highest BCUT2D eigenvalue weighted by Crippen LogP contribution is 2.47. The van der Waals surface area contributed by atoms with Gasteiger partial charge in [-0.1, -0.05) is 322 Å². The summed E-state index contributed by atoms with van der Waals surface area (Å²) in [5.74, 6) is 0. The molecule has 4 heterocycles. The molecule has 4 nitrogen and oxygen atoms in total. The normalized spacial score (nSPS) is 11.9. The zero-order valence-corrected chi connectivity index (χ0v) is 64.4. The average Bonchev–Trinajstić information content (AvgIpc) is 1.51. The van der Waals surface area contributed by atoms with Crippen LogP contribution in [-0.2, 0) is 0 Å². The van der Waals surface area contributed by atoms with E-state index in [2.05, 4.69) is 455 Å². The molecule has 4 heteroatoms. The Kier molecular flexibility index (Phi) is 15.3. The summed E-state index contributed by atoms with van der Waals surface area (Å²) in [6.45, 7) is 0. The van der Waals surface area contributed by atoms with Gasteiger partial charge >= 0.3 is 0 Å². The Hall–Kier alpha value is -15.6. The predicted octanol–water partition coefficient (Wildman–Crippen LogP) is 30.9. The zero-order chi connectivity index (χ0) is 77.5. The highest BCUT2D eigenvalue weighted by atomic mass is 15.0. The second-order valence-corrected chi connectivity index (χ2v) is 31.5. The Balaban J connectivity index is 0.629. The summed E-state index contributed by atoms with van der Waals surface area (Å²) in [6, 6.07) is 162. The van der Waals surface area contributed by atoms with E-state index >= 15 is 0 Å². The van der Waals surface area contributed by atoms with Crippen molar-refractivity contribution >= 4 is 120 Å². The maximum atomic E-state index is 2.51. The van der Waals surface area contributed by atoms with Crippen LogP contribution < -0.4 is 0 Å². The molecule has 24 rings (SSSR count). The molecule has 0 fully saturated rings. The Bertz CT molecular complexity index is 8130. The third-order valence-electron chi connectivity index (χ3n) is 25.0. The monoisotopic (exact) mass is 1500 g/mol. The number of rotatable bonds is 12. The molecule has 4 aromatic heterocycles. The van der Waals surface area contributed by atoms with Crippen molar-refractivity contribution in [3.63, 3.8) is 0 Å². The molecule has 0 bridgehead atoms. The number of para-hydroxylation sites is 2. The number of benzene rings is 20. The molecule has 0 N–H and O–H groups in total. The van der Waals surface area contributed by atoms with Crippen molar-refractivity contribution in [3.05, 3.63) is 437 Å². The standard InChI is InChI=1S/C114H72N4/c1-5-20-73(21-6-1)78-40-52-89(53-41-78)115-107-34-17-16-33-98(107)105-71-106-104-70-88(87-49-61-96-94-31-14-13-30-93(94)95-60-48-86(67-101(95)102(96)68-87)84-29-19-28-83(66-84)76-26-11-4-12-27-76)51-64-109(104)116(112(106)72-111(105)115)90-54-42-81(43-55-90)77-36-38-82(39-37-77)85-50-65-110-103(69-85)100-63-62-99-97-32-15-18-35-108(97)117(91-56-44-79(45-57-91)74-22-7-2-8-23-74)113(99)114(100)118(110)92-58-46-80(47-59-92)75-24-9-3-10-25-75/h1-72H. The van der Waals surface area contributed by atoms with Crippen LogP contribution in [0.4, 0.5) is 0 Å². The highest BCUT2D eigenvalue weighted by Gasteiger charge is 2.25. The fourth-order valence-corrected chi connectivity index (χ4v) is 19.3. The van der Waals surface area contributed by atoms with Gasteiger partial charge < -0.3 is 18.3 Å². The Labute approximate surface area is 681 Å². The maximum Gasteiger partial charge on any atom is 0.0788 e. The fourth-order valence-electron chi connectivity index (χ4n) is 19.3. The molecule has 0 aliphatic rings. The molecule has 0 amide bonds. The van der Waals surface area contributed by atoms with E-state index in [9.17, 15) is 0 Å². The minimum atomic E-state index is 1.09. The van der Waals surface area contributed by atoms with Gasteiger partial charge in [0.05, 0.1) is 44.1 Å². The summed E-state index contributed by atoms with van der Waals surface area (Å²) in [4.78, 5) is 0. The molecule has 0 saturated carbocycles. The first-order valence-corrected chi connectivity index (χ1v) is 40.8. The SMILES string of the molecule is c1ccc(-c2ccc(-n3c4ccccc4c4cc5c6cc(-c7ccc8c9ccccc9c9ccc(-c%10cccc(-c%11ccccc%11)c%10)cc9c8c7)ccc6n(-c6ccc(-c7ccc(-c8ccc9c(c8)c8ccc%10c%11ccccc%11n(-c%11ccc(-c%12ccccc%12)cc%11)c%10c8n9-c8ccc(-c9ccccc9)cc8)cc7)cc6)c5cc43)cc2)cc1. The van der Waals surface area contributed by atoms with Crippen LogP contribution in [-0.4, -0.2) is 18.3 Å². The van der Waals surface area contributed by atoms with E-state index in [0.717, 1.165) is 67.1 Å². The van der Waals surface area contributed by atoms with Crippen LogP contribution in [0, 0.1) is 0 Å². The first-order chi connectivity index (χ1) is 58.5. The van der Waals surface area contributed by atoms with Gasteiger partial charge in [-0.05, 0) is 237 Å². The lowest BCUT2D eigenvalue weighted by atomic mass is 9.90. The van der Waals surface area contributed by atoms with E-state index < -0.39 is 0 Å². The van der Waals surface area contributed by atoms with E-state index in [0.29, 0.717) is 0 Å². The van der Waals surface area contributed by atoms with Crippen LogP contribution in [0.15, 0.2) is 437 Å². The molecule has 118 heavy (non-hydrogen) atoms. The summed E-state index contributed by atoms with van der Waals surface area (Å²) in [6.07, 6.45) is 0. The molecule has 0 saturated heterocycles. The van der Waals surface area contributed by atoms with Gasteiger partial charge in [0, 0.05) is 65.8 Å². The predicted molar refractivity (Wildman–Crippen MR) is 500 cm³/mol. The molecular weight excluding hydrogens is 1430 g/mol. The molecule has 20 aromatic carbocycles. The molecule has 0 radical (unpaired) electrons. The molecule has 0 aliphatic carbocycles. The third kappa shape index (κ3) is 10.8. The third-order valence-corrected chi connectivity index (χ3v) is 25.0. The molecule has 24 aromatic rings. The minimum Gasteiger partial charge on any atom is -0.309 e. The van der Waals surface area contributed by atoms with Gasteiger partial charge in [0.25, 0.3) is 0 Å². The van der Waals surface area contributed by atoms with Crippen molar-refractivity contribution in [1.29, 1.82) is 0 Å². The fraction of sp³-hybridized carbons (Fsp3) is 0. The van der Waals surface area contributed by atoms with Crippen LogP contribution in [0.1, 0.15) is 0 Å². The summed E-state index contributed by atoms with van der Waals surface area (Å²) in [7, 11) is 0. The number of hydrogen-bond donors (Lipinski definition) is 0. The average molecular weight is 1500 g/mol. The van der Waals surface area contributed by atoms with Crippen LogP contribution in [0.3, 0.4) is 0 Å². The molecule has 548 valence electrons. The second-order valence-electron chi connectivity index (χ2n) is 31.5. The number of hydrogen-bond acceptors (Lipinski definition) is 0. The Morgan fingerprint density at radius 1 is 0.102 bits per heavy atom. The van der Waals surface area contributed by atoms with Gasteiger partial charge in [-0.2, -0.15) is 0 Å². The Morgan fingerprint density at radius 2 is 0.331 bits per heavy atom. The smallest absolute Gasteiger partial charge is 0.0788 e. The van der Waals surface area contributed by atoms with E-state index in [-0.39, 0.29) is 0 Å². The van der Waals surface area contributed by atoms with Gasteiger partial charge in [-0.25, -0.2) is 0 Å². The van der Waals surface area contributed by atoms with Crippen molar-refractivity contribution in [1.82, 2.24) is 18.3 Å². The van der Waals surface area contributed by atoms with Gasteiger partial charge in [-0.15, -0.1) is 0 Å². The lowest BCUT2D eigenvalue weighted by Crippen LogP contribution is -1.99. The maximum absolute atomic E-state index is 2.51. The lowest BCUT2D eigenvalue weighted by Gasteiger charge is -2.14. The van der Waals surface area contributed by atoms with Crippen molar-refractivity contribution < 1.29 is 0 Å². The van der Waals surface area contributed by atoms with Crippen molar-refractivity contribution in [3.8, 4) is 112 Å². The van der Waals surface area contributed by atoms with E-state index in [1.165, 1.54) is 164 Å². The first kappa shape index (κ1) is 66.9. The number of nitrogens with zero attached hydrogens (tertiary/aromatic N) is 4. The van der Waals surface area contributed by atoms with Crippen LogP contribution >= 0.6 is 0 Å². The zero-order valence-electron chi connectivity index (χ0n) is 64.4. The Morgan fingerprint density at radius 3 is 0.771 bits per heavy atom. The highest BCUT2D eigenvalue weighted by molar-refractivity contribution is 6.28. The molecule has 0 spiro atoms. The molecule has 0 atom stereocenters. The van der Waals surface area contributed by atoms with E-state index in [1.54, 1.807) is 0 Å². The van der Waals surface area contributed by atoms with Crippen LogP contribution in [0.2, 0.25) is 0 Å². The topological polar surface area (TPSA) is 19.7 Å². The summed E-state index contributed by atoms with van der Waals surface area (Å²) in [5, 5.41) is 17.2. The second kappa shape index (κ2) is 27.0. The van der Waals surface area contributed by atoms with Gasteiger partial charge in [0.15, 0.2) is 0 Å². The quantitative estimate of drug-likeness (QED) is 0.109. The number of aromatic nitrogens is 4. The van der Waals surface area contributed by atoms with Gasteiger partial charge in [0.2, 0.25) is 0 Å². The molecular formula is C114H72N4. The summed E-state index contributed by atoms with van der Waals surface area (Å²) < 4.78 is 9.95. The van der Waals surface area contributed by atoms with Crippen LogP contribution in [0.5, 0.6) is 0 Å². The summed E-state index contributed by atoms with van der Waals surface area (Å²) >= 11 is 0. The lowest BCUT2D eigenvalue weighted by molar-refractivity contribution is 1.15. The number of fused-ring (bicyclic) bond motifs is 19. The molecule has 0 unspecified atom stereocenters. The van der Waals surface area contributed by atoms with Crippen molar-refractivity contribution in [2.75, 3.05) is 0 Å². The van der Waals surface area contributed by atoms with Gasteiger partial charge in [-0.3, -0.25) is 0 Å². The van der Waals surface area contributed by atoms with Gasteiger partial charge in [0.1, 0.15) is 0 Å². The summed E-state index contributed by atoms with van der Waals surface area (Å²) in [5.41, 5.74) is 32.7. The molecule has 0 aliphatic heterocycles. The van der Waals surface area contributed by atoms with E-state index in [1.807, 2.05) is 0 Å². The van der Waals surface area contributed by atoms with Crippen molar-refractivity contribution in [2.24, 2.45) is 0 Å². The largest absolute Gasteiger partial charge is 0.309 e. The first-order valence-electron chi connectivity index (χ1n) is 40.8. The van der Waals surface area contributed by atoms with E-state index in [4.69, 9.17) is 0 Å². The van der Waals surface area contributed by atoms with Crippen molar-refractivity contribution in [2.45, 2.75) is 0 Å².